The van der Waals surface area contributed by atoms with E-state index < -0.39 is 11.0 Å². The monoisotopic (exact) mass is 387 g/mol. The Bertz CT molecular complexity index is 447. The summed E-state index contributed by atoms with van der Waals surface area (Å²) in [6.45, 7) is 22.3. The molecule has 0 saturated heterocycles. The van der Waals surface area contributed by atoms with Crippen molar-refractivity contribution < 1.29 is 9.53 Å². The highest BCUT2D eigenvalue weighted by Crippen LogP contribution is 2.51. The molecule has 0 aliphatic heterocycles. The molecule has 3 atom stereocenters. The van der Waals surface area contributed by atoms with Crippen LogP contribution in [0.1, 0.15) is 101 Å². The molecule has 0 aliphatic carbocycles. The molecule has 0 saturated carbocycles. The van der Waals surface area contributed by atoms with E-state index in [1.807, 2.05) is 6.92 Å². The lowest BCUT2D eigenvalue weighted by atomic mass is 9.58. The number of thiol groups is 1. The number of hydrogen-bond donors (Lipinski definition) is 2. The van der Waals surface area contributed by atoms with E-state index >= 15 is 0 Å². The van der Waals surface area contributed by atoms with Crippen molar-refractivity contribution in [2.75, 3.05) is 6.54 Å². The van der Waals surface area contributed by atoms with Gasteiger partial charge in [0.15, 0.2) is 0 Å². The van der Waals surface area contributed by atoms with Gasteiger partial charge in [0.25, 0.3) is 0 Å². The van der Waals surface area contributed by atoms with E-state index in [4.69, 9.17) is 4.74 Å². The van der Waals surface area contributed by atoms with E-state index in [2.05, 4.69) is 80.3 Å². The van der Waals surface area contributed by atoms with Gasteiger partial charge >= 0.3 is 5.97 Å². The van der Waals surface area contributed by atoms with Gasteiger partial charge in [-0.3, -0.25) is 4.79 Å². The number of carbonyl (C=O) groups is 1. The number of nitrogens with one attached hydrogen (secondary N) is 1. The molecule has 0 spiro atoms. The van der Waals surface area contributed by atoms with Gasteiger partial charge in [-0.25, -0.2) is 0 Å². The molecule has 0 aromatic heterocycles. The molecule has 0 aromatic carbocycles. The third-order valence-corrected chi connectivity index (χ3v) is 6.98. The zero-order valence-corrected chi connectivity index (χ0v) is 20.0. The van der Waals surface area contributed by atoms with Gasteiger partial charge in [0.2, 0.25) is 0 Å². The van der Waals surface area contributed by atoms with E-state index in [-0.39, 0.29) is 22.2 Å². The third-order valence-electron chi connectivity index (χ3n) is 6.80. The zero-order valence-electron chi connectivity index (χ0n) is 19.1. The largest absolute Gasteiger partial charge is 0.459 e. The van der Waals surface area contributed by atoms with Crippen molar-refractivity contribution in [2.45, 2.75) is 112 Å². The Balaban J connectivity index is 5.52. The Morgan fingerprint density at radius 1 is 1.00 bits per heavy atom. The highest BCUT2D eigenvalue weighted by molar-refractivity contribution is 7.80. The molecule has 0 fully saturated rings. The topological polar surface area (TPSA) is 38.3 Å². The van der Waals surface area contributed by atoms with Gasteiger partial charge in [-0.2, -0.15) is 12.6 Å². The molecule has 0 rings (SSSR count). The molecule has 3 unspecified atom stereocenters. The lowest BCUT2D eigenvalue weighted by Gasteiger charge is -2.47. The Morgan fingerprint density at radius 2 is 1.54 bits per heavy atom. The van der Waals surface area contributed by atoms with Crippen LogP contribution in [0.4, 0.5) is 0 Å². The zero-order chi connectivity index (χ0) is 20.8. The van der Waals surface area contributed by atoms with Crippen molar-refractivity contribution in [3.05, 3.63) is 0 Å². The van der Waals surface area contributed by atoms with Crippen LogP contribution >= 0.6 is 12.6 Å². The van der Waals surface area contributed by atoms with Crippen molar-refractivity contribution in [1.29, 1.82) is 0 Å². The molecule has 1 N–H and O–H groups in total. The van der Waals surface area contributed by atoms with Crippen LogP contribution in [0.15, 0.2) is 0 Å². The minimum atomic E-state index is -0.512. The van der Waals surface area contributed by atoms with E-state index in [0.717, 1.165) is 38.6 Å². The summed E-state index contributed by atoms with van der Waals surface area (Å²) in [5.41, 5.74) is -0.981. The molecule has 4 heteroatoms. The average molecular weight is 388 g/mol. The lowest BCUT2D eigenvalue weighted by Crippen LogP contribution is -2.49. The van der Waals surface area contributed by atoms with Crippen molar-refractivity contribution in [3.63, 3.8) is 0 Å². The molecule has 0 heterocycles. The predicted octanol–water partition coefficient (Wildman–Crippen LogP) is 6.22. The van der Waals surface area contributed by atoms with Crippen LogP contribution in [-0.4, -0.2) is 23.5 Å². The van der Waals surface area contributed by atoms with Gasteiger partial charge in [-0.05, 0) is 63.8 Å². The van der Waals surface area contributed by atoms with Crippen LogP contribution in [0.25, 0.3) is 0 Å². The summed E-state index contributed by atoms with van der Waals surface area (Å²) in [6.07, 6.45) is 4.42. The van der Waals surface area contributed by atoms with Crippen molar-refractivity contribution >= 4 is 18.6 Å². The molecule has 26 heavy (non-hydrogen) atoms. The summed E-state index contributed by atoms with van der Waals surface area (Å²) in [5.74, 6) is -0.0471. The standard InChI is InChI=1S/C22H45NO2S/c1-11-19(5,6)16-22(10,20(7,8)12-2)18(24)25-21(9,13-3)14-15-23-17(4)26/h17,23,26H,11-16H2,1-10H3. The summed E-state index contributed by atoms with van der Waals surface area (Å²) >= 11 is 4.36. The minimum Gasteiger partial charge on any atom is -0.459 e. The van der Waals surface area contributed by atoms with Crippen molar-refractivity contribution in [3.8, 4) is 0 Å². The Kier molecular flexibility index (Phi) is 9.73. The van der Waals surface area contributed by atoms with E-state index in [1.54, 1.807) is 0 Å². The third kappa shape index (κ3) is 7.07. The molecular formula is C22H45NO2S. The second-order valence-corrected chi connectivity index (χ2v) is 10.6. The van der Waals surface area contributed by atoms with E-state index in [0.29, 0.717) is 0 Å². The number of carbonyl (C=O) groups excluding carboxylic acids is 1. The van der Waals surface area contributed by atoms with Crippen molar-refractivity contribution in [2.24, 2.45) is 16.2 Å². The first-order chi connectivity index (χ1) is 11.7. The summed E-state index contributed by atoms with van der Waals surface area (Å²) < 4.78 is 6.21. The van der Waals surface area contributed by atoms with Crippen LogP contribution < -0.4 is 5.32 Å². The van der Waals surface area contributed by atoms with Crippen LogP contribution in [-0.2, 0) is 9.53 Å². The van der Waals surface area contributed by atoms with Gasteiger partial charge in [0.05, 0.1) is 5.41 Å². The van der Waals surface area contributed by atoms with Gasteiger partial charge in [-0.15, -0.1) is 0 Å². The fourth-order valence-corrected chi connectivity index (χ4v) is 3.37. The van der Waals surface area contributed by atoms with E-state index in [9.17, 15) is 4.79 Å². The number of hydrogen-bond acceptors (Lipinski definition) is 4. The molecule has 0 aliphatic rings. The summed E-state index contributed by atoms with van der Waals surface area (Å²) in [5, 5.41) is 3.45. The number of rotatable bonds is 12. The maximum Gasteiger partial charge on any atom is 0.312 e. The number of ether oxygens (including phenoxy) is 1. The molecule has 0 bridgehead atoms. The Labute approximate surface area is 168 Å². The van der Waals surface area contributed by atoms with Gasteiger partial charge in [0.1, 0.15) is 5.60 Å². The van der Waals surface area contributed by atoms with Gasteiger partial charge in [-0.1, -0.05) is 54.9 Å². The molecular weight excluding hydrogens is 342 g/mol. The van der Waals surface area contributed by atoms with E-state index in [1.165, 1.54) is 0 Å². The first kappa shape index (κ1) is 25.8. The normalized spacial score (nSPS) is 18.7. The number of esters is 1. The van der Waals surface area contributed by atoms with Crippen molar-refractivity contribution in [1.82, 2.24) is 5.32 Å². The Morgan fingerprint density at radius 3 is 1.92 bits per heavy atom. The first-order valence-electron chi connectivity index (χ1n) is 10.3. The van der Waals surface area contributed by atoms with Gasteiger partial charge < -0.3 is 10.1 Å². The maximum atomic E-state index is 13.5. The van der Waals surface area contributed by atoms with Gasteiger partial charge in [0, 0.05) is 5.37 Å². The summed E-state index contributed by atoms with van der Waals surface area (Å²) in [7, 11) is 0. The molecule has 156 valence electrons. The average Bonchev–Trinajstić information content (AvgIpc) is 2.53. The lowest BCUT2D eigenvalue weighted by molar-refractivity contribution is -0.182. The smallest absolute Gasteiger partial charge is 0.312 e. The molecule has 0 aromatic rings. The minimum absolute atomic E-state index is 0.0471. The maximum absolute atomic E-state index is 13.5. The van der Waals surface area contributed by atoms with Crippen LogP contribution in [0.5, 0.6) is 0 Å². The highest BCUT2D eigenvalue weighted by Gasteiger charge is 2.51. The molecule has 3 nitrogen and oxygen atoms in total. The second-order valence-electron chi connectivity index (χ2n) is 9.84. The molecule has 0 radical (unpaired) electrons. The highest BCUT2D eigenvalue weighted by atomic mass is 32.1. The van der Waals surface area contributed by atoms with Crippen LogP contribution in [0.3, 0.4) is 0 Å². The fraction of sp³-hybridized carbons (Fsp3) is 0.955. The SMILES string of the molecule is CCC(C)(C)CC(C)(C(=O)OC(C)(CC)CCNC(C)S)C(C)(C)CC. The fourth-order valence-electron chi connectivity index (χ4n) is 3.24. The van der Waals surface area contributed by atoms with Crippen LogP contribution in [0, 0.1) is 16.2 Å². The van der Waals surface area contributed by atoms with Crippen LogP contribution in [0.2, 0.25) is 0 Å². The summed E-state index contributed by atoms with van der Waals surface area (Å²) in [4.78, 5) is 13.5. The Hall–Kier alpha value is -0.220. The first-order valence-corrected chi connectivity index (χ1v) is 10.8. The summed E-state index contributed by atoms with van der Waals surface area (Å²) in [6, 6.07) is 0. The second kappa shape index (κ2) is 9.82. The predicted molar refractivity (Wildman–Crippen MR) is 117 cm³/mol. The quantitative estimate of drug-likeness (QED) is 0.237. The molecule has 0 amide bonds.